The Morgan fingerprint density at radius 3 is 2.83 bits per heavy atom. The number of hydrogen-bond donors (Lipinski definition) is 0. The van der Waals surface area contributed by atoms with Crippen LogP contribution in [0.4, 0.5) is 0 Å². The lowest BCUT2D eigenvalue weighted by Crippen LogP contribution is -2.12. The average Bonchev–Trinajstić information content (AvgIpc) is 2.96. The fourth-order valence-corrected chi connectivity index (χ4v) is 1.78. The van der Waals surface area contributed by atoms with Crippen molar-refractivity contribution in [2.45, 2.75) is 39.7 Å². The molecule has 0 unspecified atom stereocenters. The lowest BCUT2D eigenvalue weighted by atomic mass is 10.2. The standard InChI is InChI=1S/C13H17N3O2/c1-4-10-5-6-12(18-10)11(17)7-13-14-8-15-16(13)9(2)3/h5-6,8-9H,4,7H2,1-3H3. The van der Waals surface area contributed by atoms with Gasteiger partial charge < -0.3 is 4.42 Å². The van der Waals surface area contributed by atoms with Crippen molar-refractivity contribution >= 4 is 5.78 Å². The van der Waals surface area contributed by atoms with E-state index in [-0.39, 0.29) is 18.2 Å². The van der Waals surface area contributed by atoms with E-state index in [1.54, 1.807) is 10.7 Å². The summed E-state index contributed by atoms with van der Waals surface area (Å²) in [6.45, 7) is 6.00. The smallest absolute Gasteiger partial charge is 0.205 e. The van der Waals surface area contributed by atoms with E-state index in [0.717, 1.165) is 12.2 Å². The molecule has 2 heterocycles. The van der Waals surface area contributed by atoms with Gasteiger partial charge in [0.15, 0.2) is 5.76 Å². The zero-order valence-corrected chi connectivity index (χ0v) is 10.9. The summed E-state index contributed by atoms with van der Waals surface area (Å²) in [5.41, 5.74) is 0. The van der Waals surface area contributed by atoms with E-state index >= 15 is 0 Å². The highest BCUT2D eigenvalue weighted by molar-refractivity contribution is 5.94. The summed E-state index contributed by atoms with van der Waals surface area (Å²) >= 11 is 0. The summed E-state index contributed by atoms with van der Waals surface area (Å²) in [7, 11) is 0. The maximum Gasteiger partial charge on any atom is 0.205 e. The summed E-state index contributed by atoms with van der Waals surface area (Å²) in [6.07, 6.45) is 2.48. The number of Topliss-reactive ketones (excluding diaryl/α,β-unsaturated/α-hetero) is 1. The van der Waals surface area contributed by atoms with Crippen LogP contribution >= 0.6 is 0 Å². The lowest BCUT2D eigenvalue weighted by Gasteiger charge is -2.07. The van der Waals surface area contributed by atoms with E-state index in [2.05, 4.69) is 10.1 Å². The van der Waals surface area contributed by atoms with Crippen LogP contribution in [0.5, 0.6) is 0 Å². The van der Waals surface area contributed by atoms with Crippen molar-refractivity contribution in [1.82, 2.24) is 14.8 Å². The second-order valence-corrected chi connectivity index (χ2v) is 4.43. The first-order valence-corrected chi connectivity index (χ1v) is 6.12. The summed E-state index contributed by atoms with van der Waals surface area (Å²) in [5, 5.41) is 4.11. The molecule has 96 valence electrons. The number of aromatic nitrogens is 3. The zero-order valence-electron chi connectivity index (χ0n) is 10.9. The molecule has 5 nitrogen and oxygen atoms in total. The van der Waals surface area contributed by atoms with Gasteiger partial charge in [0.1, 0.15) is 17.9 Å². The van der Waals surface area contributed by atoms with E-state index in [4.69, 9.17) is 4.42 Å². The third kappa shape index (κ3) is 2.50. The first-order valence-electron chi connectivity index (χ1n) is 6.12. The van der Waals surface area contributed by atoms with E-state index < -0.39 is 0 Å². The Bertz CT molecular complexity index is 540. The van der Waals surface area contributed by atoms with Crippen LogP contribution in [0.25, 0.3) is 0 Å². The van der Waals surface area contributed by atoms with Gasteiger partial charge in [0.05, 0.1) is 6.42 Å². The number of carbonyl (C=O) groups is 1. The minimum Gasteiger partial charge on any atom is -0.458 e. The van der Waals surface area contributed by atoms with Crippen molar-refractivity contribution in [3.63, 3.8) is 0 Å². The zero-order chi connectivity index (χ0) is 13.1. The van der Waals surface area contributed by atoms with Crippen molar-refractivity contribution < 1.29 is 9.21 Å². The average molecular weight is 247 g/mol. The van der Waals surface area contributed by atoms with Gasteiger partial charge in [-0.05, 0) is 26.0 Å². The molecule has 0 bridgehead atoms. The first kappa shape index (κ1) is 12.5. The van der Waals surface area contributed by atoms with Gasteiger partial charge in [-0.25, -0.2) is 9.67 Å². The predicted octanol–water partition coefficient (Wildman–Crippen LogP) is 2.44. The summed E-state index contributed by atoms with van der Waals surface area (Å²) in [6, 6.07) is 3.75. The van der Waals surface area contributed by atoms with Gasteiger partial charge in [-0.3, -0.25) is 4.79 Å². The van der Waals surface area contributed by atoms with Crippen molar-refractivity contribution in [2.24, 2.45) is 0 Å². The molecule has 2 rings (SSSR count). The first-order chi connectivity index (χ1) is 8.61. The SMILES string of the molecule is CCc1ccc(C(=O)Cc2ncnn2C(C)C)o1. The van der Waals surface area contributed by atoms with Crippen molar-refractivity contribution in [3.8, 4) is 0 Å². The number of carbonyl (C=O) groups excluding carboxylic acids is 1. The molecule has 2 aromatic rings. The van der Waals surface area contributed by atoms with Crippen LogP contribution in [0, 0.1) is 0 Å². The van der Waals surface area contributed by atoms with Gasteiger partial charge in [-0.1, -0.05) is 6.92 Å². The molecule has 0 aromatic carbocycles. The topological polar surface area (TPSA) is 60.9 Å². The second kappa shape index (κ2) is 5.16. The van der Waals surface area contributed by atoms with Crippen LogP contribution in [0.2, 0.25) is 0 Å². The Labute approximate surface area is 106 Å². The molecule has 0 aliphatic carbocycles. The molecule has 0 aliphatic rings. The summed E-state index contributed by atoms with van der Waals surface area (Å²) in [4.78, 5) is 16.2. The van der Waals surface area contributed by atoms with Gasteiger partial charge in [0.2, 0.25) is 5.78 Å². The van der Waals surface area contributed by atoms with Crippen LogP contribution in [0.15, 0.2) is 22.9 Å². The fourth-order valence-electron chi connectivity index (χ4n) is 1.78. The van der Waals surface area contributed by atoms with Gasteiger partial charge >= 0.3 is 0 Å². The summed E-state index contributed by atoms with van der Waals surface area (Å²) in [5.74, 6) is 1.82. The number of furan rings is 1. The minimum absolute atomic E-state index is 0.0652. The van der Waals surface area contributed by atoms with E-state index in [0.29, 0.717) is 11.6 Å². The minimum atomic E-state index is -0.0652. The maximum atomic E-state index is 12.0. The molecule has 18 heavy (non-hydrogen) atoms. The Morgan fingerprint density at radius 1 is 1.44 bits per heavy atom. The molecule has 0 spiro atoms. The van der Waals surface area contributed by atoms with Crippen LogP contribution in [0.1, 0.15) is 49.0 Å². The predicted molar refractivity (Wildman–Crippen MR) is 66.5 cm³/mol. The highest BCUT2D eigenvalue weighted by atomic mass is 16.3. The second-order valence-electron chi connectivity index (χ2n) is 4.43. The Morgan fingerprint density at radius 2 is 2.22 bits per heavy atom. The molecule has 0 amide bonds. The molecule has 0 fully saturated rings. The summed E-state index contributed by atoms with van der Waals surface area (Å²) < 4.78 is 7.19. The molecule has 0 aliphatic heterocycles. The number of rotatable bonds is 5. The van der Waals surface area contributed by atoms with E-state index in [1.807, 2.05) is 26.8 Å². The third-order valence-electron chi connectivity index (χ3n) is 2.74. The number of aryl methyl sites for hydroxylation is 1. The highest BCUT2D eigenvalue weighted by Crippen LogP contribution is 2.13. The molecule has 0 saturated carbocycles. The molecule has 5 heteroatoms. The number of hydrogen-bond acceptors (Lipinski definition) is 4. The van der Waals surface area contributed by atoms with Crippen LogP contribution in [-0.4, -0.2) is 20.5 Å². The molecule has 0 N–H and O–H groups in total. The molecule has 2 aromatic heterocycles. The third-order valence-corrected chi connectivity index (χ3v) is 2.74. The van der Waals surface area contributed by atoms with Crippen LogP contribution < -0.4 is 0 Å². The van der Waals surface area contributed by atoms with Crippen molar-refractivity contribution in [1.29, 1.82) is 0 Å². The van der Waals surface area contributed by atoms with Crippen LogP contribution in [-0.2, 0) is 12.8 Å². The maximum absolute atomic E-state index is 12.0. The highest BCUT2D eigenvalue weighted by Gasteiger charge is 2.16. The number of nitrogens with zero attached hydrogens (tertiary/aromatic N) is 3. The van der Waals surface area contributed by atoms with Gasteiger partial charge in [0.25, 0.3) is 0 Å². The molecule has 0 atom stereocenters. The fraction of sp³-hybridized carbons (Fsp3) is 0.462. The quantitative estimate of drug-likeness (QED) is 0.761. The molecule has 0 radical (unpaired) electrons. The Hall–Kier alpha value is -1.91. The monoisotopic (exact) mass is 247 g/mol. The van der Waals surface area contributed by atoms with E-state index in [9.17, 15) is 4.79 Å². The van der Waals surface area contributed by atoms with E-state index in [1.165, 1.54) is 6.33 Å². The normalized spacial score (nSPS) is 11.1. The van der Waals surface area contributed by atoms with Gasteiger partial charge in [-0.15, -0.1) is 0 Å². The van der Waals surface area contributed by atoms with Gasteiger partial charge in [0, 0.05) is 12.5 Å². The molecule has 0 saturated heterocycles. The Kier molecular flexibility index (Phi) is 3.60. The lowest BCUT2D eigenvalue weighted by molar-refractivity contribution is 0.0960. The molecular formula is C13H17N3O2. The van der Waals surface area contributed by atoms with Crippen molar-refractivity contribution in [2.75, 3.05) is 0 Å². The van der Waals surface area contributed by atoms with Crippen molar-refractivity contribution in [3.05, 3.63) is 35.8 Å². The largest absolute Gasteiger partial charge is 0.458 e. The number of ketones is 1. The molecular weight excluding hydrogens is 230 g/mol. The van der Waals surface area contributed by atoms with Gasteiger partial charge in [-0.2, -0.15) is 5.10 Å². The Balaban J connectivity index is 2.13. The van der Waals surface area contributed by atoms with Crippen LogP contribution in [0.3, 0.4) is 0 Å².